The van der Waals surface area contributed by atoms with Crippen molar-refractivity contribution in [1.29, 1.82) is 0 Å². The summed E-state index contributed by atoms with van der Waals surface area (Å²) in [5.41, 5.74) is 1.05. The van der Waals surface area contributed by atoms with E-state index in [4.69, 9.17) is 23.2 Å². The van der Waals surface area contributed by atoms with Gasteiger partial charge in [-0.25, -0.2) is 4.98 Å². The summed E-state index contributed by atoms with van der Waals surface area (Å²) < 4.78 is 0. The van der Waals surface area contributed by atoms with Crippen molar-refractivity contribution >= 4 is 35.0 Å². The minimum absolute atomic E-state index is 0.574. The largest absolute Gasteiger partial charge is 0.370 e. The fourth-order valence-electron chi connectivity index (χ4n) is 1.76. The highest BCUT2D eigenvalue weighted by Crippen LogP contribution is 2.21. The highest BCUT2D eigenvalue weighted by molar-refractivity contribution is 6.35. The van der Waals surface area contributed by atoms with Crippen LogP contribution >= 0.6 is 23.2 Å². The van der Waals surface area contributed by atoms with Crippen molar-refractivity contribution in [1.82, 2.24) is 9.97 Å². The monoisotopic (exact) mass is 322 g/mol. The summed E-state index contributed by atoms with van der Waals surface area (Å²) in [6.07, 6.45) is 4.25. The lowest BCUT2D eigenvalue weighted by molar-refractivity contribution is 0.998. The van der Waals surface area contributed by atoms with Crippen LogP contribution in [-0.2, 0) is 6.42 Å². The van der Waals surface area contributed by atoms with Gasteiger partial charge in [0.15, 0.2) is 0 Å². The minimum Gasteiger partial charge on any atom is -0.370 e. The Morgan fingerprint density at radius 1 is 1.19 bits per heavy atom. The molecular formula is C15H16Cl2N4. The molecule has 0 aliphatic carbocycles. The normalized spacial score (nSPS) is 10.2. The van der Waals surface area contributed by atoms with Crippen LogP contribution in [0.5, 0.6) is 0 Å². The lowest BCUT2D eigenvalue weighted by Gasteiger charge is -2.08. The molecule has 2 N–H and O–H groups in total. The van der Waals surface area contributed by atoms with Crippen LogP contribution in [0.1, 0.15) is 5.56 Å². The standard InChI is InChI=1S/C15H16Cl2N4/c1-2-7-19-15-20-9-6-14(21-15)18-8-5-11-3-4-12(16)10-13(11)17/h2-4,6,9-10H,1,5,7-8H2,(H2,18,19,20,21). The Hall–Kier alpha value is -1.78. The molecule has 0 aliphatic rings. The molecule has 0 aliphatic heterocycles. The van der Waals surface area contributed by atoms with Crippen LogP contribution < -0.4 is 10.6 Å². The molecule has 21 heavy (non-hydrogen) atoms. The third-order valence-electron chi connectivity index (χ3n) is 2.78. The topological polar surface area (TPSA) is 49.8 Å². The molecule has 1 aromatic carbocycles. The van der Waals surface area contributed by atoms with Gasteiger partial charge in [-0.3, -0.25) is 0 Å². The van der Waals surface area contributed by atoms with Crippen LogP contribution in [0.25, 0.3) is 0 Å². The minimum atomic E-state index is 0.574. The number of benzene rings is 1. The molecule has 2 aromatic rings. The van der Waals surface area contributed by atoms with Gasteiger partial charge in [0.05, 0.1) is 0 Å². The smallest absolute Gasteiger partial charge is 0.224 e. The van der Waals surface area contributed by atoms with Crippen molar-refractivity contribution in [2.75, 3.05) is 23.7 Å². The van der Waals surface area contributed by atoms with E-state index >= 15 is 0 Å². The first kappa shape index (κ1) is 15.6. The van der Waals surface area contributed by atoms with Crippen LogP contribution in [0.4, 0.5) is 11.8 Å². The first-order chi connectivity index (χ1) is 10.2. The second kappa shape index (κ2) is 7.86. The zero-order chi connectivity index (χ0) is 15.1. The molecule has 0 saturated carbocycles. The third kappa shape index (κ3) is 4.92. The van der Waals surface area contributed by atoms with E-state index in [1.165, 1.54) is 0 Å². The van der Waals surface area contributed by atoms with Crippen molar-refractivity contribution < 1.29 is 0 Å². The number of nitrogens with one attached hydrogen (secondary N) is 2. The van der Waals surface area contributed by atoms with Gasteiger partial charge in [-0.05, 0) is 30.2 Å². The van der Waals surface area contributed by atoms with Gasteiger partial charge in [0, 0.05) is 29.3 Å². The summed E-state index contributed by atoms with van der Waals surface area (Å²) >= 11 is 12.0. The van der Waals surface area contributed by atoms with Crippen molar-refractivity contribution in [2.45, 2.75) is 6.42 Å². The van der Waals surface area contributed by atoms with E-state index in [1.807, 2.05) is 18.2 Å². The third-order valence-corrected chi connectivity index (χ3v) is 3.36. The van der Waals surface area contributed by atoms with Crippen LogP contribution in [0.3, 0.4) is 0 Å². The van der Waals surface area contributed by atoms with E-state index in [-0.39, 0.29) is 0 Å². The number of hydrogen-bond acceptors (Lipinski definition) is 4. The van der Waals surface area contributed by atoms with Crippen LogP contribution in [0, 0.1) is 0 Å². The maximum absolute atomic E-state index is 6.14. The molecule has 0 fully saturated rings. The summed E-state index contributed by atoms with van der Waals surface area (Å²) in [4.78, 5) is 8.46. The number of rotatable bonds is 7. The molecular weight excluding hydrogens is 307 g/mol. The average molecular weight is 323 g/mol. The van der Waals surface area contributed by atoms with Crippen molar-refractivity contribution in [3.8, 4) is 0 Å². The molecule has 1 aromatic heterocycles. The predicted octanol–water partition coefficient (Wildman–Crippen LogP) is 4.04. The molecule has 0 atom stereocenters. The molecule has 0 bridgehead atoms. The SMILES string of the molecule is C=CCNc1nccc(NCCc2ccc(Cl)cc2Cl)n1. The van der Waals surface area contributed by atoms with Crippen molar-refractivity contribution in [3.63, 3.8) is 0 Å². The van der Waals surface area contributed by atoms with Gasteiger partial charge in [0.1, 0.15) is 5.82 Å². The van der Waals surface area contributed by atoms with Crippen LogP contribution in [-0.4, -0.2) is 23.1 Å². The Labute approximate surface area is 134 Å². The van der Waals surface area contributed by atoms with E-state index in [1.54, 1.807) is 18.3 Å². The Bertz CT molecular complexity index is 616. The first-order valence-corrected chi connectivity index (χ1v) is 7.30. The second-order valence-electron chi connectivity index (χ2n) is 4.35. The molecule has 4 nitrogen and oxygen atoms in total. The maximum atomic E-state index is 6.14. The van der Waals surface area contributed by atoms with Crippen molar-refractivity contribution in [2.24, 2.45) is 0 Å². The fraction of sp³-hybridized carbons (Fsp3) is 0.200. The first-order valence-electron chi connectivity index (χ1n) is 6.54. The van der Waals surface area contributed by atoms with Gasteiger partial charge in [-0.15, -0.1) is 6.58 Å². The summed E-state index contributed by atoms with van der Waals surface area (Å²) in [6.45, 7) is 4.99. The number of aromatic nitrogens is 2. The second-order valence-corrected chi connectivity index (χ2v) is 5.19. The molecule has 6 heteroatoms. The molecule has 0 radical (unpaired) electrons. The van der Waals surface area contributed by atoms with Crippen molar-refractivity contribution in [3.05, 3.63) is 58.7 Å². The molecule has 0 spiro atoms. The molecule has 0 amide bonds. The van der Waals surface area contributed by atoms with Gasteiger partial charge < -0.3 is 10.6 Å². The molecule has 110 valence electrons. The van der Waals surface area contributed by atoms with Gasteiger partial charge in [0.2, 0.25) is 5.95 Å². The van der Waals surface area contributed by atoms with E-state index in [9.17, 15) is 0 Å². The van der Waals surface area contributed by atoms with Gasteiger partial charge >= 0.3 is 0 Å². The molecule has 0 saturated heterocycles. The van der Waals surface area contributed by atoms with Gasteiger partial charge in [-0.1, -0.05) is 35.3 Å². The zero-order valence-corrected chi connectivity index (χ0v) is 13.0. The lowest BCUT2D eigenvalue weighted by atomic mass is 10.1. The summed E-state index contributed by atoms with van der Waals surface area (Å²) in [6, 6.07) is 7.34. The summed E-state index contributed by atoms with van der Waals surface area (Å²) in [7, 11) is 0. The van der Waals surface area contributed by atoms with Gasteiger partial charge in [0.25, 0.3) is 0 Å². The Morgan fingerprint density at radius 2 is 2.05 bits per heavy atom. The Kier molecular flexibility index (Phi) is 5.84. The molecule has 0 unspecified atom stereocenters. The number of hydrogen-bond donors (Lipinski definition) is 2. The highest BCUT2D eigenvalue weighted by atomic mass is 35.5. The lowest BCUT2D eigenvalue weighted by Crippen LogP contribution is -2.09. The number of halogens is 2. The summed E-state index contributed by atoms with van der Waals surface area (Å²) in [5, 5.41) is 7.61. The van der Waals surface area contributed by atoms with E-state index in [0.717, 1.165) is 24.3 Å². The van der Waals surface area contributed by atoms with E-state index < -0.39 is 0 Å². The van der Waals surface area contributed by atoms with Crippen LogP contribution in [0.15, 0.2) is 43.1 Å². The number of nitrogens with zero attached hydrogens (tertiary/aromatic N) is 2. The van der Waals surface area contributed by atoms with Gasteiger partial charge in [-0.2, -0.15) is 4.98 Å². The van der Waals surface area contributed by atoms with E-state index in [2.05, 4.69) is 27.2 Å². The molecule has 1 heterocycles. The highest BCUT2D eigenvalue weighted by Gasteiger charge is 2.02. The molecule has 2 rings (SSSR count). The Morgan fingerprint density at radius 3 is 2.81 bits per heavy atom. The zero-order valence-electron chi connectivity index (χ0n) is 11.4. The van der Waals surface area contributed by atoms with Crippen LogP contribution in [0.2, 0.25) is 10.0 Å². The number of anilines is 2. The maximum Gasteiger partial charge on any atom is 0.224 e. The fourth-order valence-corrected chi connectivity index (χ4v) is 2.26. The summed E-state index contributed by atoms with van der Waals surface area (Å²) in [5.74, 6) is 1.34. The van der Waals surface area contributed by atoms with E-state index in [0.29, 0.717) is 22.5 Å². The quantitative estimate of drug-likeness (QED) is 0.755. The average Bonchev–Trinajstić information content (AvgIpc) is 2.48. The predicted molar refractivity (Wildman–Crippen MR) is 89.4 cm³/mol. The Balaban J connectivity index is 1.89.